The summed E-state index contributed by atoms with van der Waals surface area (Å²) in [5.41, 5.74) is 0. The molecule has 4 unspecified atom stereocenters. The van der Waals surface area contributed by atoms with E-state index in [0.29, 0.717) is 0 Å². The first-order chi connectivity index (χ1) is 6.57. The summed E-state index contributed by atoms with van der Waals surface area (Å²) in [7, 11) is 0. The van der Waals surface area contributed by atoms with Gasteiger partial charge in [0.25, 0.3) is 0 Å². The predicted molar refractivity (Wildman–Crippen MR) is 50.8 cm³/mol. The number of aliphatic hydroxyl groups is 4. The van der Waals surface area contributed by atoms with Gasteiger partial charge in [-0.2, -0.15) is 0 Å². The maximum absolute atomic E-state index is 9.23. The summed E-state index contributed by atoms with van der Waals surface area (Å²) in [6.45, 7) is 5.21. The molecule has 1 aliphatic rings. The zero-order chi connectivity index (χ0) is 11.3. The van der Waals surface area contributed by atoms with Crippen molar-refractivity contribution in [2.24, 2.45) is 0 Å². The second-order valence-electron chi connectivity index (χ2n) is 3.03. The topological polar surface area (TPSA) is 90.2 Å². The Morgan fingerprint density at radius 1 is 1.00 bits per heavy atom. The highest BCUT2D eigenvalue weighted by Crippen LogP contribution is 2.20. The van der Waals surface area contributed by atoms with Crippen LogP contribution < -0.4 is 0 Å². The molecule has 5 heteroatoms. The van der Waals surface area contributed by atoms with Gasteiger partial charge in [0.05, 0.1) is 12.7 Å². The van der Waals surface area contributed by atoms with Gasteiger partial charge in [0.15, 0.2) is 0 Å². The second kappa shape index (κ2) is 6.31. The fraction of sp³-hybridized carbons (Fsp3) is 1.00. The third-order valence-electron chi connectivity index (χ3n) is 2.13. The molecule has 86 valence electrons. The first kappa shape index (κ1) is 13.8. The van der Waals surface area contributed by atoms with Crippen molar-refractivity contribution in [2.45, 2.75) is 51.3 Å². The lowest BCUT2D eigenvalue weighted by Crippen LogP contribution is -2.57. The van der Waals surface area contributed by atoms with E-state index in [2.05, 4.69) is 0 Å². The van der Waals surface area contributed by atoms with Crippen LogP contribution in [0.25, 0.3) is 0 Å². The Balaban J connectivity index is 0.000000791. The van der Waals surface area contributed by atoms with Crippen molar-refractivity contribution in [3.63, 3.8) is 0 Å². The zero-order valence-corrected chi connectivity index (χ0v) is 8.79. The summed E-state index contributed by atoms with van der Waals surface area (Å²) < 4.78 is 5.02. The molecule has 1 aliphatic heterocycles. The van der Waals surface area contributed by atoms with Crippen molar-refractivity contribution >= 4 is 0 Å². The molecule has 0 aromatic heterocycles. The molecule has 0 spiro atoms. The minimum Gasteiger partial charge on any atom is -0.394 e. The maximum atomic E-state index is 9.23. The van der Waals surface area contributed by atoms with Gasteiger partial charge in [-0.25, -0.2) is 0 Å². The van der Waals surface area contributed by atoms with Crippen molar-refractivity contribution in [1.29, 1.82) is 0 Å². The maximum Gasteiger partial charge on any atom is 0.111 e. The number of ether oxygens (including phenoxy) is 1. The van der Waals surface area contributed by atoms with Crippen LogP contribution in [0.5, 0.6) is 0 Å². The van der Waals surface area contributed by atoms with Gasteiger partial charge in [-0.1, -0.05) is 13.8 Å². The molecular formula is C9H20O5. The van der Waals surface area contributed by atoms with Crippen LogP contribution in [0.4, 0.5) is 0 Å². The first-order valence-electron chi connectivity index (χ1n) is 4.88. The van der Waals surface area contributed by atoms with Gasteiger partial charge < -0.3 is 25.2 Å². The SMILES string of the molecule is CC.CC1OC(CO)C(O)C(O)[C@H]1O. The molecule has 0 aliphatic carbocycles. The van der Waals surface area contributed by atoms with Crippen LogP contribution in [0.15, 0.2) is 0 Å². The lowest BCUT2D eigenvalue weighted by Gasteiger charge is -2.38. The quantitative estimate of drug-likeness (QED) is 0.438. The molecule has 0 radical (unpaired) electrons. The normalized spacial score (nSPS) is 42.6. The molecule has 0 aromatic rings. The summed E-state index contributed by atoms with van der Waals surface area (Å²) in [5.74, 6) is 0. The van der Waals surface area contributed by atoms with E-state index in [4.69, 9.17) is 9.84 Å². The number of hydrogen-bond donors (Lipinski definition) is 4. The molecular weight excluding hydrogens is 188 g/mol. The highest BCUT2D eigenvalue weighted by Gasteiger charge is 2.41. The van der Waals surface area contributed by atoms with E-state index >= 15 is 0 Å². The fourth-order valence-electron chi connectivity index (χ4n) is 1.29. The van der Waals surface area contributed by atoms with Crippen LogP contribution in [-0.2, 0) is 4.74 Å². The third kappa shape index (κ3) is 2.90. The molecule has 0 amide bonds. The third-order valence-corrected chi connectivity index (χ3v) is 2.13. The minimum atomic E-state index is -1.24. The van der Waals surface area contributed by atoms with Crippen molar-refractivity contribution in [1.82, 2.24) is 0 Å². The standard InChI is InChI=1S/C7H14O5.C2H6/c1-3-5(9)7(11)6(10)4(2-8)12-3;1-2/h3-11H,2H2,1H3;1-2H3/t3?,4?,5-,6?,7?;/m0./s1. The van der Waals surface area contributed by atoms with Gasteiger partial charge >= 0.3 is 0 Å². The molecule has 1 rings (SSSR count). The highest BCUT2D eigenvalue weighted by atomic mass is 16.5. The largest absolute Gasteiger partial charge is 0.394 e. The molecule has 5 atom stereocenters. The van der Waals surface area contributed by atoms with Crippen LogP contribution in [0.1, 0.15) is 20.8 Å². The second-order valence-corrected chi connectivity index (χ2v) is 3.03. The summed E-state index contributed by atoms with van der Waals surface area (Å²) in [6, 6.07) is 0. The van der Waals surface area contributed by atoms with E-state index in [1.807, 2.05) is 13.8 Å². The number of aliphatic hydroxyl groups excluding tert-OH is 4. The Hall–Kier alpha value is -0.200. The lowest BCUT2D eigenvalue weighted by atomic mass is 9.96. The van der Waals surface area contributed by atoms with E-state index in [0.717, 1.165) is 0 Å². The van der Waals surface area contributed by atoms with Gasteiger partial charge in [-0.05, 0) is 6.92 Å². The van der Waals surface area contributed by atoms with Gasteiger partial charge in [-0.3, -0.25) is 0 Å². The van der Waals surface area contributed by atoms with Crippen molar-refractivity contribution in [3.05, 3.63) is 0 Å². The summed E-state index contributed by atoms with van der Waals surface area (Å²) in [5, 5.41) is 36.4. The first-order valence-corrected chi connectivity index (χ1v) is 4.88. The predicted octanol–water partition coefficient (Wildman–Crippen LogP) is -1.13. The van der Waals surface area contributed by atoms with E-state index in [1.54, 1.807) is 6.92 Å². The van der Waals surface area contributed by atoms with Crippen LogP contribution >= 0.6 is 0 Å². The fourth-order valence-corrected chi connectivity index (χ4v) is 1.29. The summed E-state index contributed by atoms with van der Waals surface area (Å²) in [4.78, 5) is 0. The van der Waals surface area contributed by atoms with Crippen LogP contribution in [0.2, 0.25) is 0 Å². The molecule has 0 saturated carbocycles. The lowest BCUT2D eigenvalue weighted by molar-refractivity contribution is -0.224. The molecule has 0 aromatic carbocycles. The molecule has 1 fully saturated rings. The smallest absolute Gasteiger partial charge is 0.111 e. The highest BCUT2D eigenvalue weighted by molar-refractivity contribution is 4.89. The Morgan fingerprint density at radius 3 is 1.93 bits per heavy atom. The van der Waals surface area contributed by atoms with Crippen LogP contribution in [-0.4, -0.2) is 57.6 Å². The molecule has 1 heterocycles. The van der Waals surface area contributed by atoms with Gasteiger partial charge in [0.2, 0.25) is 0 Å². The summed E-state index contributed by atoms with van der Waals surface area (Å²) >= 11 is 0. The molecule has 4 N–H and O–H groups in total. The van der Waals surface area contributed by atoms with E-state index in [9.17, 15) is 15.3 Å². The Labute approximate surface area is 83.9 Å². The van der Waals surface area contributed by atoms with Crippen molar-refractivity contribution < 1.29 is 25.2 Å². The number of rotatable bonds is 1. The van der Waals surface area contributed by atoms with E-state index in [-0.39, 0.29) is 6.61 Å². The van der Waals surface area contributed by atoms with Crippen LogP contribution in [0.3, 0.4) is 0 Å². The average Bonchev–Trinajstić information content (AvgIpc) is 2.23. The molecule has 14 heavy (non-hydrogen) atoms. The van der Waals surface area contributed by atoms with Gasteiger partial charge in [-0.15, -0.1) is 0 Å². The van der Waals surface area contributed by atoms with Crippen molar-refractivity contribution in [2.75, 3.05) is 6.61 Å². The van der Waals surface area contributed by atoms with E-state index < -0.39 is 30.5 Å². The van der Waals surface area contributed by atoms with Gasteiger partial charge in [0.1, 0.15) is 24.4 Å². The minimum absolute atomic E-state index is 0.366. The van der Waals surface area contributed by atoms with Crippen molar-refractivity contribution in [3.8, 4) is 0 Å². The Kier molecular flexibility index (Phi) is 6.22. The Morgan fingerprint density at radius 2 is 1.50 bits per heavy atom. The molecule has 1 saturated heterocycles. The monoisotopic (exact) mass is 208 g/mol. The zero-order valence-electron chi connectivity index (χ0n) is 8.79. The Bertz CT molecular complexity index is 147. The van der Waals surface area contributed by atoms with E-state index in [1.165, 1.54) is 0 Å². The molecule has 0 bridgehead atoms. The van der Waals surface area contributed by atoms with Gasteiger partial charge in [0, 0.05) is 0 Å². The molecule has 5 nitrogen and oxygen atoms in total. The van der Waals surface area contributed by atoms with Crippen LogP contribution in [0, 0.1) is 0 Å². The summed E-state index contributed by atoms with van der Waals surface area (Å²) in [6.07, 6.45) is -4.94. The average molecular weight is 208 g/mol. The number of hydrogen-bond acceptors (Lipinski definition) is 5.